The van der Waals surface area contributed by atoms with E-state index in [0.29, 0.717) is 35.8 Å². The Labute approximate surface area is 156 Å². The zero-order chi connectivity index (χ0) is 19.0. The largest absolute Gasteiger partial charge is 0.496 e. The molecule has 2 unspecified atom stereocenters. The summed E-state index contributed by atoms with van der Waals surface area (Å²) in [4.78, 5) is 13.7. The van der Waals surface area contributed by atoms with E-state index in [9.17, 15) is 14.3 Å². The van der Waals surface area contributed by atoms with E-state index in [1.807, 2.05) is 17.0 Å². The van der Waals surface area contributed by atoms with Crippen molar-refractivity contribution in [3.8, 4) is 17.2 Å². The van der Waals surface area contributed by atoms with Crippen LogP contribution in [0.4, 0.5) is 4.39 Å². The number of hydrogen-bond donors (Lipinski definition) is 1. The first-order valence-corrected chi connectivity index (χ1v) is 8.80. The molecule has 2 aliphatic rings. The van der Waals surface area contributed by atoms with Gasteiger partial charge < -0.3 is 19.3 Å². The van der Waals surface area contributed by atoms with Gasteiger partial charge in [0.05, 0.1) is 13.2 Å². The Bertz CT molecular complexity index is 871. The van der Waals surface area contributed by atoms with Crippen LogP contribution in [0.25, 0.3) is 0 Å². The van der Waals surface area contributed by atoms with Gasteiger partial charge in [-0.3, -0.25) is 9.69 Å². The van der Waals surface area contributed by atoms with Crippen LogP contribution in [0.5, 0.6) is 17.2 Å². The predicted octanol–water partition coefficient (Wildman–Crippen LogP) is 3.20. The van der Waals surface area contributed by atoms with Gasteiger partial charge in [0.25, 0.3) is 0 Å². The molecule has 2 aromatic rings. The minimum absolute atomic E-state index is 0.147. The summed E-state index contributed by atoms with van der Waals surface area (Å²) in [6, 6.07) is 8.66. The average molecular weight is 373 g/mol. The summed E-state index contributed by atoms with van der Waals surface area (Å²) in [6.07, 6.45) is 1.31. The third-order valence-electron chi connectivity index (χ3n) is 5.11. The number of fused-ring (bicyclic) bond motifs is 1. The standard InChI is InChI=1S/C20H20FNO5/c1-25-16-7-5-13(21)10-14(16)19(22-8-2-3-15(22)20(23)24)12-4-6-17-18(9-12)27-11-26-17/h4-7,9-10,15,19H,2-3,8,11H2,1H3,(H,23,24). The minimum Gasteiger partial charge on any atom is -0.496 e. The molecule has 0 spiro atoms. The molecular weight excluding hydrogens is 353 g/mol. The lowest BCUT2D eigenvalue weighted by Crippen LogP contribution is -2.39. The van der Waals surface area contributed by atoms with Gasteiger partial charge in [-0.2, -0.15) is 0 Å². The topological polar surface area (TPSA) is 68.2 Å². The van der Waals surface area contributed by atoms with Gasteiger partial charge in [-0.25, -0.2) is 4.39 Å². The maximum atomic E-state index is 14.1. The summed E-state index contributed by atoms with van der Waals surface area (Å²) in [5.74, 6) is 0.463. The highest BCUT2D eigenvalue weighted by Gasteiger charge is 2.38. The molecule has 7 heteroatoms. The first-order valence-electron chi connectivity index (χ1n) is 8.80. The molecule has 0 radical (unpaired) electrons. The second kappa shape index (κ2) is 7.08. The van der Waals surface area contributed by atoms with Crippen LogP contribution in [0.3, 0.4) is 0 Å². The van der Waals surface area contributed by atoms with Gasteiger partial charge in [-0.1, -0.05) is 6.07 Å². The first-order chi connectivity index (χ1) is 13.1. The lowest BCUT2D eigenvalue weighted by molar-refractivity contribution is -0.142. The molecule has 27 heavy (non-hydrogen) atoms. The fraction of sp³-hybridized carbons (Fsp3) is 0.350. The highest BCUT2D eigenvalue weighted by molar-refractivity contribution is 5.74. The fourth-order valence-corrected chi connectivity index (χ4v) is 3.92. The predicted molar refractivity (Wildman–Crippen MR) is 94.7 cm³/mol. The molecule has 1 saturated heterocycles. The van der Waals surface area contributed by atoms with Gasteiger partial charge in [0.2, 0.25) is 6.79 Å². The van der Waals surface area contributed by atoms with Crippen molar-refractivity contribution in [2.75, 3.05) is 20.4 Å². The number of aliphatic carboxylic acids is 1. The van der Waals surface area contributed by atoms with Gasteiger partial charge in [0, 0.05) is 12.1 Å². The molecule has 0 saturated carbocycles. The van der Waals surface area contributed by atoms with Gasteiger partial charge in [0.15, 0.2) is 11.5 Å². The molecule has 142 valence electrons. The summed E-state index contributed by atoms with van der Waals surface area (Å²) in [5, 5.41) is 9.67. The molecule has 1 fully saturated rings. The maximum Gasteiger partial charge on any atom is 0.320 e. The normalized spacial score (nSPS) is 19.9. The Morgan fingerprint density at radius 1 is 1.26 bits per heavy atom. The number of ether oxygens (including phenoxy) is 3. The summed E-state index contributed by atoms with van der Waals surface area (Å²) in [7, 11) is 1.52. The van der Waals surface area contributed by atoms with E-state index in [0.717, 1.165) is 12.0 Å². The number of carboxylic acids is 1. The number of halogens is 1. The second-order valence-corrected chi connectivity index (χ2v) is 6.64. The SMILES string of the molecule is COc1ccc(F)cc1C(c1ccc2c(c1)OCO2)N1CCCC1C(=O)O. The van der Waals surface area contributed by atoms with Gasteiger partial charge in [-0.05, 0) is 48.7 Å². The van der Waals surface area contributed by atoms with Crippen LogP contribution in [0.2, 0.25) is 0 Å². The van der Waals surface area contributed by atoms with E-state index in [1.54, 1.807) is 12.1 Å². The van der Waals surface area contributed by atoms with Gasteiger partial charge >= 0.3 is 5.97 Å². The Morgan fingerprint density at radius 3 is 2.85 bits per heavy atom. The fourth-order valence-electron chi connectivity index (χ4n) is 3.92. The second-order valence-electron chi connectivity index (χ2n) is 6.64. The molecule has 2 heterocycles. The van der Waals surface area contributed by atoms with Crippen LogP contribution < -0.4 is 14.2 Å². The lowest BCUT2D eigenvalue weighted by Gasteiger charge is -2.33. The Balaban J connectivity index is 1.85. The van der Waals surface area contributed by atoms with E-state index in [4.69, 9.17) is 14.2 Å². The number of likely N-dealkylation sites (tertiary alicyclic amines) is 1. The first kappa shape index (κ1) is 17.6. The molecule has 0 amide bonds. The molecule has 2 aliphatic heterocycles. The Morgan fingerprint density at radius 2 is 2.07 bits per heavy atom. The van der Waals surface area contributed by atoms with Crippen LogP contribution in [-0.2, 0) is 4.79 Å². The Hall–Kier alpha value is -2.80. The molecular formula is C20H20FNO5. The van der Waals surface area contributed by atoms with Crippen LogP contribution in [0.1, 0.15) is 30.0 Å². The van der Waals surface area contributed by atoms with Gasteiger partial charge in [0.1, 0.15) is 17.6 Å². The van der Waals surface area contributed by atoms with E-state index >= 15 is 0 Å². The van der Waals surface area contributed by atoms with E-state index in [2.05, 4.69) is 0 Å². The monoisotopic (exact) mass is 373 g/mol. The van der Waals surface area contributed by atoms with Crippen molar-refractivity contribution in [3.05, 3.63) is 53.3 Å². The molecule has 0 aromatic heterocycles. The number of nitrogens with zero attached hydrogens (tertiary/aromatic N) is 1. The van der Waals surface area contributed by atoms with Crippen LogP contribution in [-0.4, -0.2) is 42.5 Å². The summed E-state index contributed by atoms with van der Waals surface area (Å²) >= 11 is 0. The molecule has 2 aromatic carbocycles. The van der Waals surface area contributed by atoms with Crippen molar-refractivity contribution >= 4 is 5.97 Å². The highest BCUT2D eigenvalue weighted by Crippen LogP contribution is 2.42. The number of carbonyl (C=O) groups is 1. The average Bonchev–Trinajstić information content (AvgIpc) is 3.31. The van der Waals surface area contributed by atoms with Crippen molar-refractivity contribution in [3.63, 3.8) is 0 Å². The smallest absolute Gasteiger partial charge is 0.320 e. The molecule has 0 bridgehead atoms. The van der Waals surface area contributed by atoms with Crippen LogP contribution >= 0.6 is 0 Å². The number of hydrogen-bond acceptors (Lipinski definition) is 5. The third-order valence-corrected chi connectivity index (χ3v) is 5.11. The lowest BCUT2D eigenvalue weighted by atomic mass is 9.95. The van der Waals surface area contributed by atoms with Crippen molar-refractivity contribution in [1.82, 2.24) is 4.90 Å². The summed E-state index contributed by atoms with van der Waals surface area (Å²) in [5.41, 5.74) is 1.39. The van der Waals surface area contributed by atoms with Crippen LogP contribution in [0.15, 0.2) is 36.4 Å². The van der Waals surface area contributed by atoms with E-state index in [-0.39, 0.29) is 6.79 Å². The van der Waals surface area contributed by atoms with Gasteiger partial charge in [-0.15, -0.1) is 0 Å². The molecule has 4 rings (SSSR count). The van der Waals surface area contributed by atoms with Crippen LogP contribution in [0, 0.1) is 5.82 Å². The molecule has 2 atom stereocenters. The van der Waals surface area contributed by atoms with E-state index in [1.165, 1.54) is 19.2 Å². The highest BCUT2D eigenvalue weighted by atomic mass is 19.1. The van der Waals surface area contributed by atoms with Crippen molar-refractivity contribution in [1.29, 1.82) is 0 Å². The summed E-state index contributed by atoms with van der Waals surface area (Å²) in [6.45, 7) is 0.740. The van der Waals surface area contributed by atoms with Crippen molar-refractivity contribution in [2.45, 2.75) is 24.9 Å². The zero-order valence-corrected chi connectivity index (χ0v) is 14.9. The molecule has 6 nitrogen and oxygen atoms in total. The number of carboxylic acid groups (broad SMARTS) is 1. The quantitative estimate of drug-likeness (QED) is 0.868. The van der Waals surface area contributed by atoms with E-state index < -0.39 is 23.9 Å². The number of benzene rings is 2. The van der Waals surface area contributed by atoms with Crippen molar-refractivity contribution < 1.29 is 28.5 Å². The Kier molecular flexibility index (Phi) is 4.61. The molecule has 1 N–H and O–H groups in total. The number of rotatable bonds is 5. The maximum absolute atomic E-state index is 14.1. The number of methoxy groups -OCH3 is 1. The third kappa shape index (κ3) is 3.19. The summed E-state index contributed by atoms with van der Waals surface area (Å²) < 4.78 is 30.4. The minimum atomic E-state index is -0.881. The molecule has 0 aliphatic carbocycles. The van der Waals surface area contributed by atoms with Crippen molar-refractivity contribution in [2.24, 2.45) is 0 Å². The zero-order valence-electron chi connectivity index (χ0n) is 14.9.